The lowest BCUT2D eigenvalue weighted by Crippen LogP contribution is -1.99. The Bertz CT molecular complexity index is 1540. The van der Waals surface area contributed by atoms with E-state index >= 15 is 0 Å². The van der Waals surface area contributed by atoms with Crippen LogP contribution in [0.2, 0.25) is 0 Å². The smallest absolute Gasteiger partial charge is 0.0499 e. The zero-order valence-electron chi connectivity index (χ0n) is 28.8. The second-order valence-corrected chi connectivity index (χ2v) is 15.7. The average molecular weight is 751 g/mol. The first-order valence-corrected chi connectivity index (χ1v) is 20.5. The molecular weight excluding hydrogens is 692 g/mol. The Morgan fingerprint density at radius 2 is 0.674 bits per heavy atom. The molecule has 0 N–H and O–H groups in total. The molecule has 0 bridgehead atoms. The van der Waals surface area contributed by atoms with Crippen LogP contribution in [0.1, 0.15) is 142 Å². The maximum absolute atomic E-state index is 3.79. The molecule has 0 fully saturated rings. The van der Waals surface area contributed by atoms with Crippen molar-refractivity contribution in [2.75, 3.05) is 0 Å². The molecule has 0 amide bonds. The van der Waals surface area contributed by atoms with Crippen molar-refractivity contribution in [3.05, 3.63) is 57.5 Å². The van der Waals surface area contributed by atoms with Gasteiger partial charge in [0.25, 0.3) is 0 Å². The van der Waals surface area contributed by atoms with Crippen LogP contribution in [0.25, 0.3) is 43.6 Å². The number of aryl methyl sites for hydroxylation is 2. The summed E-state index contributed by atoms with van der Waals surface area (Å²) in [4.78, 5) is 0. The van der Waals surface area contributed by atoms with Gasteiger partial charge in [0.1, 0.15) is 0 Å². The molecule has 0 aliphatic carbocycles. The number of nitrogens with zero attached hydrogens (tertiary/aromatic N) is 2. The quantitative estimate of drug-likeness (QED) is 0.0624. The SMILES string of the molecule is CCCCCCCCCCCCn1c2ccc(Br)cc2c2cc3c(cc21)c1cc(Br)ccc1n3CCCCCCCCCCCC. The first-order chi connectivity index (χ1) is 22.6. The van der Waals surface area contributed by atoms with E-state index in [1.807, 2.05) is 0 Å². The fourth-order valence-corrected chi connectivity index (χ4v) is 8.35. The minimum Gasteiger partial charge on any atom is -0.340 e. The van der Waals surface area contributed by atoms with Gasteiger partial charge in [-0.25, -0.2) is 0 Å². The molecule has 2 nitrogen and oxygen atoms in total. The highest BCUT2D eigenvalue weighted by molar-refractivity contribution is 9.10. The van der Waals surface area contributed by atoms with Gasteiger partial charge in [0.2, 0.25) is 0 Å². The number of aromatic nitrogens is 2. The van der Waals surface area contributed by atoms with Gasteiger partial charge in [-0.3, -0.25) is 0 Å². The van der Waals surface area contributed by atoms with Gasteiger partial charge in [-0.15, -0.1) is 0 Å². The summed E-state index contributed by atoms with van der Waals surface area (Å²) in [5, 5.41) is 5.52. The van der Waals surface area contributed by atoms with Crippen molar-refractivity contribution in [1.82, 2.24) is 9.13 Å². The molecule has 46 heavy (non-hydrogen) atoms. The van der Waals surface area contributed by atoms with Crippen molar-refractivity contribution in [3.8, 4) is 0 Å². The topological polar surface area (TPSA) is 9.86 Å². The summed E-state index contributed by atoms with van der Waals surface area (Å²) in [7, 11) is 0. The van der Waals surface area contributed by atoms with Gasteiger partial charge in [0.05, 0.1) is 0 Å². The van der Waals surface area contributed by atoms with Crippen LogP contribution >= 0.6 is 31.9 Å². The van der Waals surface area contributed by atoms with Crippen LogP contribution in [0.3, 0.4) is 0 Å². The largest absolute Gasteiger partial charge is 0.340 e. The van der Waals surface area contributed by atoms with Crippen LogP contribution in [-0.4, -0.2) is 9.13 Å². The van der Waals surface area contributed by atoms with Crippen LogP contribution in [0.5, 0.6) is 0 Å². The third-order valence-corrected chi connectivity index (χ3v) is 11.2. The Morgan fingerprint density at radius 3 is 1.02 bits per heavy atom. The lowest BCUT2D eigenvalue weighted by atomic mass is 10.1. The van der Waals surface area contributed by atoms with Gasteiger partial charge in [-0.05, 0) is 61.4 Å². The highest BCUT2D eigenvalue weighted by Crippen LogP contribution is 2.39. The van der Waals surface area contributed by atoms with Crippen LogP contribution in [0.4, 0.5) is 0 Å². The Labute approximate surface area is 295 Å². The second kappa shape index (κ2) is 18.7. The van der Waals surface area contributed by atoms with Crippen LogP contribution in [0, 0.1) is 0 Å². The van der Waals surface area contributed by atoms with Crippen molar-refractivity contribution in [2.45, 2.75) is 155 Å². The summed E-state index contributed by atoms with van der Waals surface area (Å²) < 4.78 is 7.55. The third kappa shape index (κ3) is 9.22. The average Bonchev–Trinajstić information content (AvgIpc) is 3.52. The number of benzene rings is 3. The molecule has 0 aliphatic rings. The molecule has 0 unspecified atom stereocenters. The molecule has 0 saturated carbocycles. The monoisotopic (exact) mass is 748 g/mol. The van der Waals surface area contributed by atoms with E-state index in [9.17, 15) is 0 Å². The van der Waals surface area contributed by atoms with Gasteiger partial charge in [-0.2, -0.15) is 0 Å². The van der Waals surface area contributed by atoms with E-state index in [2.05, 4.69) is 103 Å². The Balaban J connectivity index is 1.32. The van der Waals surface area contributed by atoms with Crippen LogP contribution in [-0.2, 0) is 13.1 Å². The number of halogens is 2. The molecule has 5 aromatic rings. The first kappa shape index (κ1) is 35.5. The molecule has 2 heterocycles. The Kier molecular flexibility index (Phi) is 14.4. The number of unbranched alkanes of at least 4 members (excludes halogenated alkanes) is 18. The first-order valence-electron chi connectivity index (χ1n) is 18.9. The van der Waals surface area contributed by atoms with E-state index in [1.54, 1.807) is 0 Å². The predicted octanol–water partition coefficient (Wildman–Crippen LogP) is 15.3. The van der Waals surface area contributed by atoms with E-state index in [0.29, 0.717) is 0 Å². The van der Waals surface area contributed by atoms with Crippen LogP contribution in [0.15, 0.2) is 57.5 Å². The van der Waals surface area contributed by atoms with Gasteiger partial charge in [0.15, 0.2) is 0 Å². The maximum atomic E-state index is 3.79. The van der Waals surface area contributed by atoms with Gasteiger partial charge >= 0.3 is 0 Å². The zero-order valence-corrected chi connectivity index (χ0v) is 32.0. The minimum absolute atomic E-state index is 1.09. The van der Waals surface area contributed by atoms with Crippen molar-refractivity contribution in [1.29, 1.82) is 0 Å². The van der Waals surface area contributed by atoms with E-state index in [1.165, 1.54) is 172 Å². The van der Waals surface area contributed by atoms with Gasteiger partial charge < -0.3 is 9.13 Å². The summed E-state index contributed by atoms with van der Waals surface area (Å²) in [6, 6.07) is 18.8. The van der Waals surface area contributed by atoms with E-state index < -0.39 is 0 Å². The predicted molar refractivity (Wildman–Crippen MR) is 212 cm³/mol. The van der Waals surface area contributed by atoms with Crippen molar-refractivity contribution >= 4 is 75.5 Å². The molecule has 0 spiro atoms. The maximum Gasteiger partial charge on any atom is 0.0499 e. The van der Waals surface area contributed by atoms with Gasteiger partial charge in [-0.1, -0.05) is 161 Å². The number of rotatable bonds is 22. The zero-order chi connectivity index (χ0) is 32.1. The molecule has 5 rings (SSSR count). The highest BCUT2D eigenvalue weighted by atomic mass is 79.9. The molecular formula is C42H58Br2N2. The Morgan fingerprint density at radius 1 is 0.370 bits per heavy atom. The lowest BCUT2D eigenvalue weighted by Gasteiger charge is -2.09. The van der Waals surface area contributed by atoms with Crippen molar-refractivity contribution in [2.24, 2.45) is 0 Å². The molecule has 0 radical (unpaired) electrons. The molecule has 250 valence electrons. The lowest BCUT2D eigenvalue weighted by molar-refractivity contribution is 0.541. The fraction of sp³-hybridized carbons (Fsp3) is 0.571. The number of hydrogen-bond acceptors (Lipinski definition) is 0. The summed E-state index contributed by atoms with van der Waals surface area (Å²) in [5.41, 5.74) is 5.51. The summed E-state index contributed by atoms with van der Waals surface area (Å²) >= 11 is 7.58. The van der Waals surface area contributed by atoms with E-state index in [4.69, 9.17) is 0 Å². The summed E-state index contributed by atoms with van der Waals surface area (Å²) in [6.45, 7) is 6.78. The normalized spacial score (nSPS) is 12.1. The number of hydrogen-bond donors (Lipinski definition) is 0. The highest BCUT2D eigenvalue weighted by Gasteiger charge is 2.17. The number of fused-ring (bicyclic) bond motifs is 6. The van der Waals surface area contributed by atoms with E-state index in [0.717, 1.165) is 22.0 Å². The van der Waals surface area contributed by atoms with Crippen molar-refractivity contribution in [3.63, 3.8) is 0 Å². The van der Waals surface area contributed by atoms with Gasteiger partial charge in [0, 0.05) is 65.6 Å². The van der Waals surface area contributed by atoms with E-state index in [-0.39, 0.29) is 0 Å². The van der Waals surface area contributed by atoms with Crippen LogP contribution < -0.4 is 0 Å². The van der Waals surface area contributed by atoms with Crippen molar-refractivity contribution < 1.29 is 0 Å². The fourth-order valence-electron chi connectivity index (χ4n) is 7.63. The molecule has 0 aliphatic heterocycles. The molecule has 4 heteroatoms. The molecule has 0 saturated heterocycles. The molecule has 2 aromatic heterocycles. The minimum atomic E-state index is 1.09. The Hall–Kier alpha value is -1.78. The summed E-state index contributed by atoms with van der Waals surface area (Å²) in [5.74, 6) is 0. The third-order valence-electron chi connectivity index (χ3n) is 10.2. The molecule has 3 aromatic carbocycles. The standard InChI is InChI=1S/C42H58Br2N2/c1-3-5-7-9-11-13-15-17-19-21-27-45-39-25-23-33(43)29-35(39)37-32-42-38(31-41(37)45)36-30-34(44)24-26-40(36)46(42)28-22-20-18-16-14-12-10-8-6-4-2/h23-26,29-32H,3-22,27-28H2,1-2H3. The molecule has 0 atom stereocenters. The summed E-state index contributed by atoms with van der Waals surface area (Å²) in [6.07, 6.45) is 27.4. The second-order valence-electron chi connectivity index (χ2n) is 13.9.